The summed E-state index contributed by atoms with van der Waals surface area (Å²) in [6, 6.07) is 6.80. The minimum atomic E-state index is 0.647. The highest BCUT2D eigenvalue weighted by Crippen LogP contribution is 2.26. The molecular weight excluding hydrogens is 234 g/mol. The zero-order chi connectivity index (χ0) is 13.4. The van der Waals surface area contributed by atoms with Gasteiger partial charge in [-0.05, 0) is 42.5 Å². The van der Waals surface area contributed by atoms with E-state index in [9.17, 15) is 0 Å². The van der Waals surface area contributed by atoms with Crippen molar-refractivity contribution in [2.75, 3.05) is 13.1 Å². The molecule has 0 spiro atoms. The maximum atomic E-state index is 4.83. The molecular formula is C16H23N3. The Hall–Kier alpha value is -1.35. The fourth-order valence-electron chi connectivity index (χ4n) is 3.01. The molecule has 3 nitrogen and oxygen atoms in total. The van der Waals surface area contributed by atoms with Gasteiger partial charge in [-0.1, -0.05) is 19.9 Å². The molecule has 1 atom stereocenters. The molecule has 3 rings (SSSR count). The summed E-state index contributed by atoms with van der Waals surface area (Å²) in [7, 11) is 2.13. The molecule has 1 N–H and O–H groups in total. The van der Waals surface area contributed by atoms with Gasteiger partial charge >= 0.3 is 0 Å². The molecule has 1 aliphatic rings. The summed E-state index contributed by atoms with van der Waals surface area (Å²) in [5, 5.41) is 3.44. The Labute approximate surface area is 115 Å². The summed E-state index contributed by atoms with van der Waals surface area (Å²) in [6.07, 6.45) is 2.29. The third kappa shape index (κ3) is 2.39. The molecule has 102 valence electrons. The Morgan fingerprint density at radius 3 is 2.95 bits per heavy atom. The molecule has 1 aromatic heterocycles. The van der Waals surface area contributed by atoms with Crippen LogP contribution in [0.1, 0.15) is 37.6 Å². The number of aromatic nitrogens is 2. The molecule has 0 saturated carbocycles. The molecule has 3 heteroatoms. The molecule has 1 fully saturated rings. The van der Waals surface area contributed by atoms with E-state index in [1.165, 1.54) is 23.3 Å². The Bertz CT molecular complexity index is 577. The number of hydrogen-bond donors (Lipinski definition) is 1. The highest BCUT2D eigenvalue weighted by molar-refractivity contribution is 5.77. The average molecular weight is 257 g/mol. The predicted octanol–water partition coefficient (Wildman–Crippen LogP) is 2.85. The number of benzene rings is 1. The van der Waals surface area contributed by atoms with Crippen LogP contribution in [0.4, 0.5) is 0 Å². The fourth-order valence-corrected chi connectivity index (χ4v) is 3.01. The van der Waals surface area contributed by atoms with Gasteiger partial charge in [0.15, 0.2) is 0 Å². The third-order valence-corrected chi connectivity index (χ3v) is 4.12. The van der Waals surface area contributed by atoms with E-state index in [1.54, 1.807) is 0 Å². The zero-order valence-electron chi connectivity index (χ0n) is 12.1. The lowest BCUT2D eigenvalue weighted by Crippen LogP contribution is -2.07. The van der Waals surface area contributed by atoms with Gasteiger partial charge in [0, 0.05) is 20.0 Å². The minimum Gasteiger partial charge on any atom is -0.331 e. The molecule has 0 radical (unpaired) electrons. The van der Waals surface area contributed by atoms with E-state index in [-0.39, 0.29) is 0 Å². The Kier molecular flexibility index (Phi) is 3.31. The van der Waals surface area contributed by atoms with Gasteiger partial charge in [-0.2, -0.15) is 0 Å². The fraction of sp³-hybridized carbons (Fsp3) is 0.562. The van der Waals surface area contributed by atoms with E-state index in [4.69, 9.17) is 4.98 Å². The van der Waals surface area contributed by atoms with E-state index < -0.39 is 0 Å². The lowest BCUT2D eigenvalue weighted by molar-refractivity contribution is 0.606. The standard InChI is InChI=1S/C16H23N3/c1-11(2)8-16-18-14-9-12(13-6-7-17-10-13)4-5-15(14)19(16)3/h4-5,9,11,13,17H,6-8,10H2,1-3H3. The van der Waals surface area contributed by atoms with Gasteiger partial charge in [0.05, 0.1) is 11.0 Å². The normalized spacial score (nSPS) is 19.7. The van der Waals surface area contributed by atoms with Crippen LogP contribution in [0.3, 0.4) is 0 Å². The van der Waals surface area contributed by atoms with Crippen molar-refractivity contribution in [3.63, 3.8) is 0 Å². The Morgan fingerprint density at radius 2 is 2.26 bits per heavy atom. The number of imidazole rings is 1. The molecule has 2 aromatic rings. The molecule has 0 aliphatic carbocycles. The van der Waals surface area contributed by atoms with Crippen molar-refractivity contribution in [3.8, 4) is 0 Å². The molecule has 2 heterocycles. The van der Waals surface area contributed by atoms with Gasteiger partial charge in [0.2, 0.25) is 0 Å². The second-order valence-corrected chi connectivity index (χ2v) is 6.12. The third-order valence-electron chi connectivity index (χ3n) is 4.12. The lowest BCUT2D eigenvalue weighted by Gasteiger charge is -2.08. The average Bonchev–Trinajstić information content (AvgIpc) is 2.98. The first-order chi connectivity index (χ1) is 9.15. The van der Waals surface area contributed by atoms with Gasteiger partial charge in [0.25, 0.3) is 0 Å². The van der Waals surface area contributed by atoms with Crippen molar-refractivity contribution < 1.29 is 0 Å². The van der Waals surface area contributed by atoms with Crippen molar-refractivity contribution >= 4 is 11.0 Å². The topological polar surface area (TPSA) is 29.9 Å². The van der Waals surface area contributed by atoms with Crippen LogP contribution < -0.4 is 5.32 Å². The van der Waals surface area contributed by atoms with E-state index in [0.29, 0.717) is 11.8 Å². The van der Waals surface area contributed by atoms with Crippen LogP contribution in [0.5, 0.6) is 0 Å². The number of hydrogen-bond acceptors (Lipinski definition) is 2. The number of aryl methyl sites for hydroxylation is 1. The molecule has 1 unspecified atom stereocenters. The molecule has 0 bridgehead atoms. The van der Waals surface area contributed by atoms with Crippen molar-refractivity contribution in [1.82, 2.24) is 14.9 Å². The first kappa shape index (κ1) is 12.7. The zero-order valence-corrected chi connectivity index (χ0v) is 12.1. The van der Waals surface area contributed by atoms with Crippen LogP contribution in [0.25, 0.3) is 11.0 Å². The first-order valence-electron chi connectivity index (χ1n) is 7.31. The monoisotopic (exact) mass is 257 g/mol. The van der Waals surface area contributed by atoms with Crippen LogP contribution in [0, 0.1) is 5.92 Å². The van der Waals surface area contributed by atoms with Crippen molar-refractivity contribution in [2.45, 2.75) is 32.6 Å². The van der Waals surface area contributed by atoms with Crippen LogP contribution in [0.15, 0.2) is 18.2 Å². The Balaban J connectivity index is 1.98. The predicted molar refractivity (Wildman–Crippen MR) is 79.5 cm³/mol. The van der Waals surface area contributed by atoms with Crippen molar-refractivity contribution in [2.24, 2.45) is 13.0 Å². The van der Waals surface area contributed by atoms with Gasteiger partial charge in [-0.25, -0.2) is 4.98 Å². The number of nitrogens with zero attached hydrogens (tertiary/aromatic N) is 2. The summed E-state index contributed by atoms with van der Waals surface area (Å²) in [6.45, 7) is 6.74. The number of fused-ring (bicyclic) bond motifs is 1. The van der Waals surface area contributed by atoms with Gasteiger partial charge in [-0.15, -0.1) is 0 Å². The van der Waals surface area contributed by atoms with E-state index >= 15 is 0 Å². The van der Waals surface area contributed by atoms with Crippen molar-refractivity contribution in [3.05, 3.63) is 29.6 Å². The van der Waals surface area contributed by atoms with Gasteiger partial charge in [0.1, 0.15) is 5.82 Å². The summed E-state index contributed by atoms with van der Waals surface area (Å²) >= 11 is 0. The van der Waals surface area contributed by atoms with Crippen molar-refractivity contribution in [1.29, 1.82) is 0 Å². The second kappa shape index (κ2) is 4.97. The highest BCUT2D eigenvalue weighted by atomic mass is 15.1. The van der Waals surface area contributed by atoms with Crippen LogP contribution in [-0.4, -0.2) is 22.6 Å². The molecule has 1 saturated heterocycles. The lowest BCUT2D eigenvalue weighted by atomic mass is 9.98. The quantitative estimate of drug-likeness (QED) is 0.916. The highest BCUT2D eigenvalue weighted by Gasteiger charge is 2.18. The summed E-state index contributed by atoms with van der Waals surface area (Å²) in [5.74, 6) is 2.51. The largest absolute Gasteiger partial charge is 0.331 e. The summed E-state index contributed by atoms with van der Waals surface area (Å²) < 4.78 is 2.24. The van der Waals surface area contributed by atoms with Gasteiger partial charge < -0.3 is 9.88 Å². The molecule has 1 aliphatic heterocycles. The van der Waals surface area contributed by atoms with E-state index in [1.807, 2.05) is 0 Å². The maximum absolute atomic E-state index is 4.83. The van der Waals surface area contributed by atoms with Crippen LogP contribution in [0.2, 0.25) is 0 Å². The SMILES string of the molecule is CC(C)Cc1nc2cc(C3CCNC3)ccc2n1C. The first-order valence-corrected chi connectivity index (χ1v) is 7.31. The second-order valence-electron chi connectivity index (χ2n) is 6.12. The minimum absolute atomic E-state index is 0.647. The molecule has 19 heavy (non-hydrogen) atoms. The Morgan fingerprint density at radius 1 is 1.42 bits per heavy atom. The van der Waals surface area contributed by atoms with E-state index in [2.05, 4.69) is 49.0 Å². The molecule has 1 aromatic carbocycles. The maximum Gasteiger partial charge on any atom is 0.109 e. The van der Waals surface area contributed by atoms with Crippen LogP contribution in [-0.2, 0) is 13.5 Å². The smallest absolute Gasteiger partial charge is 0.109 e. The summed E-state index contributed by atoms with van der Waals surface area (Å²) in [4.78, 5) is 4.83. The number of nitrogens with one attached hydrogen (secondary N) is 1. The van der Waals surface area contributed by atoms with Crippen LogP contribution >= 0.6 is 0 Å². The summed E-state index contributed by atoms with van der Waals surface area (Å²) in [5.41, 5.74) is 3.85. The number of rotatable bonds is 3. The molecule has 0 amide bonds. The van der Waals surface area contributed by atoms with Gasteiger partial charge in [-0.3, -0.25) is 0 Å². The van der Waals surface area contributed by atoms with E-state index in [0.717, 1.165) is 25.0 Å².